The topological polar surface area (TPSA) is 59.2 Å². The van der Waals surface area contributed by atoms with Crippen molar-refractivity contribution in [2.45, 2.75) is 39.3 Å². The van der Waals surface area contributed by atoms with Crippen LogP contribution in [0.4, 0.5) is 0 Å². The molecule has 1 amide bonds. The Morgan fingerprint density at radius 2 is 2.20 bits per heavy atom. The van der Waals surface area contributed by atoms with Gasteiger partial charge in [-0.1, -0.05) is 35.0 Å². The van der Waals surface area contributed by atoms with E-state index in [9.17, 15) is 4.79 Å². The Morgan fingerprint density at radius 3 is 2.96 bits per heavy atom. The molecule has 6 heteroatoms. The average Bonchev–Trinajstić information content (AvgIpc) is 3.31. The molecule has 1 aliphatic heterocycles. The summed E-state index contributed by atoms with van der Waals surface area (Å²) < 4.78 is 5.49. The lowest BCUT2D eigenvalue weighted by molar-refractivity contribution is -0.130. The number of likely N-dealkylation sites (tertiary alicyclic amines) is 1. The standard InChI is InChI=1S/C19H19N3O2S/c1-12-5-6-14(13(2)10-12)11-22-15(7-8-17(22)23)19-20-18(21-24-19)16-4-3-9-25-16/h3-6,9-10,15H,7-8,11H2,1-2H3. The first-order valence-electron chi connectivity index (χ1n) is 8.35. The van der Waals surface area contributed by atoms with E-state index in [0.717, 1.165) is 16.9 Å². The summed E-state index contributed by atoms with van der Waals surface area (Å²) in [6.07, 6.45) is 1.24. The van der Waals surface area contributed by atoms with E-state index in [4.69, 9.17) is 4.52 Å². The molecule has 1 fully saturated rings. The van der Waals surface area contributed by atoms with Crippen LogP contribution < -0.4 is 0 Å². The average molecular weight is 353 g/mol. The maximum Gasteiger partial charge on any atom is 0.249 e. The van der Waals surface area contributed by atoms with Gasteiger partial charge in [0.2, 0.25) is 17.6 Å². The van der Waals surface area contributed by atoms with Gasteiger partial charge in [-0.15, -0.1) is 11.3 Å². The highest BCUT2D eigenvalue weighted by Crippen LogP contribution is 2.35. The first-order valence-corrected chi connectivity index (χ1v) is 9.23. The van der Waals surface area contributed by atoms with Crippen molar-refractivity contribution in [1.29, 1.82) is 0 Å². The van der Waals surface area contributed by atoms with Crippen LogP contribution >= 0.6 is 11.3 Å². The van der Waals surface area contributed by atoms with Gasteiger partial charge in [-0.3, -0.25) is 4.79 Å². The van der Waals surface area contributed by atoms with E-state index in [1.165, 1.54) is 11.1 Å². The summed E-state index contributed by atoms with van der Waals surface area (Å²) in [4.78, 5) is 19.8. The molecule has 3 heterocycles. The number of carbonyl (C=O) groups excluding carboxylic acids is 1. The molecule has 0 spiro atoms. The highest BCUT2D eigenvalue weighted by Gasteiger charge is 2.36. The van der Waals surface area contributed by atoms with Crippen LogP contribution in [0, 0.1) is 13.8 Å². The molecule has 0 aliphatic carbocycles. The zero-order valence-corrected chi connectivity index (χ0v) is 15.0. The number of amides is 1. The van der Waals surface area contributed by atoms with Crippen molar-refractivity contribution < 1.29 is 9.32 Å². The van der Waals surface area contributed by atoms with Crippen molar-refractivity contribution in [2.24, 2.45) is 0 Å². The van der Waals surface area contributed by atoms with Gasteiger partial charge in [0.05, 0.1) is 4.88 Å². The summed E-state index contributed by atoms with van der Waals surface area (Å²) in [5.74, 6) is 1.26. The quantitative estimate of drug-likeness (QED) is 0.702. The third kappa shape index (κ3) is 3.09. The number of hydrogen-bond donors (Lipinski definition) is 0. The Labute approximate surface area is 150 Å². The summed E-state index contributed by atoms with van der Waals surface area (Å²) in [6, 6.07) is 10.1. The van der Waals surface area contributed by atoms with Gasteiger partial charge in [-0.25, -0.2) is 0 Å². The number of aromatic nitrogens is 2. The second-order valence-corrected chi connectivity index (χ2v) is 7.39. The molecule has 1 aromatic carbocycles. The van der Waals surface area contributed by atoms with E-state index in [-0.39, 0.29) is 11.9 Å². The van der Waals surface area contributed by atoms with Crippen LogP contribution in [-0.2, 0) is 11.3 Å². The number of nitrogens with zero attached hydrogens (tertiary/aromatic N) is 3. The lowest BCUT2D eigenvalue weighted by Crippen LogP contribution is -2.27. The third-order valence-corrected chi connectivity index (χ3v) is 5.50. The lowest BCUT2D eigenvalue weighted by atomic mass is 10.0. The zero-order chi connectivity index (χ0) is 17.4. The molecule has 5 nitrogen and oxygen atoms in total. The van der Waals surface area contributed by atoms with Crippen molar-refractivity contribution in [3.8, 4) is 10.7 Å². The molecule has 0 N–H and O–H groups in total. The Kier molecular flexibility index (Phi) is 4.13. The third-order valence-electron chi connectivity index (χ3n) is 4.64. The van der Waals surface area contributed by atoms with Gasteiger partial charge in [-0.2, -0.15) is 4.98 Å². The number of hydrogen-bond acceptors (Lipinski definition) is 5. The fourth-order valence-corrected chi connectivity index (χ4v) is 3.92. The molecule has 1 atom stereocenters. The summed E-state index contributed by atoms with van der Waals surface area (Å²) in [6.45, 7) is 4.73. The molecule has 1 unspecified atom stereocenters. The lowest BCUT2D eigenvalue weighted by Gasteiger charge is -2.23. The highest BCUT2D eigenvalue weighted by atomic mass is 32.1. The first kappa shape index (κ1) is 16.0. The number of rotatable bonds is 4. The summed E-state index contributed by atoms with van der Waals surface area (Å²) in [5.41, 5.74) is 3.58. The van der Waals surface area contributed by atoms with Crippen molar-refractivity contribution in [1.82, 2.24) is 15.0 Å². The van der Waals surface area contributed by atoms with Gasteiger partial charge < -0.3 is 9.42 Å². The maximum atomic E-state index is 12.4. The van der Waals surface area contributed by atoms with Gasteiger partial charge in [0.25, 0.3) is 0 Å². The minimum atomic E-state index is -0.144. The van der Waals surface area contributed by atoms with E-state index in [1.54, 1.807) is 11.3 Å². The van der Waals surface area contributed by atoms with Crippen molar-refractivity contribution >= 4 is 17.2 Å². The monoisotopic (exact) mass is 353 g/mol. The largest absolute Gasteiger partial charge is 0.337 e. The molecule has 1 saturated heterocycles. The number of thiophene rings is 1. The smallest absolute Gasteiger partial charge is 0.249 e. The van der Waals surface area contributed by atoms with Crippen LogP contribution in [0.15, 0.2) is 40.2 Å². The Morgan fingerprint density at radius 1 is 1.32 bits per heavy atom. The molecule has 128 valence electrons. The molecular weight excluding hydrogens is 334 g/mol. The summed E-state index contributed by atoms with van der Waals surface area (Å²) in [5, 5.41) is 6.07. The van der Waals surface area contributed by atoms with Crippen LogP contribution in [-0.4, -0.2) is 20.9 Å². The van der Waals surface area contributed by atoms with Gasteiger partial charge in [-0.05, 0) is 42.8 Å². The molecule has 0 radical (unpaired) electrons. The second kappa shape index (κ2) is 6.44. The van der Waals surface area contributed by atoms with Gasteiger partial charge >= 0.3 is 0 Å². The predicted molar refractivity (Wildman–Crippen MR) is 96.1 cm³/mol. The number of aryl methyl sites for hydroxylation is 2. The minimum Gasteiger partial charge on any atom is -0.337 e. The first-order chi connectivity index (χ1) is 12.1. The number of benzene rings is 1. The van der Waals surface area contributed by atoms with Crippen LogP contribution in [0.5, 0.6) is 0 Å². The van der Waals surface area contributed by atoms with E-state index >= 15 is 0 Å². The molecule has 2 aromatic heterocycles. The van der Waals surface area contributed by atoms with E-state index in [0.29, 0.717) is 24.7 Å². The van der Waals surface area contributed by atoms with Gasteiger partial charge in [0.15, 0.2) is 0 Å². The molecule has 4 rings (SSSR count). The fourth-order valence-electron chi connectivity index (χ4n) is 3.27. The molecule has 1 aliphatic rings. The predicted octanol–water partition coefficient (Wildman–Crippen LogP) is 4.28. The van der Waals surface area contributed by atoms with Gasteiger partial charge in [0, 0.05) is 13.0 Å². The number of carbonyl (C=O) groups is 1. The van der Waals surface area contributed by atoms with Gasteiger partial charge in [0.1, 0.15) is 6.04 Å². The molecule has 3 aromatic rings. The van der Waals surface area contributed by atoms with E-state index < -0.39 is 0 Å². The van der Waals surface area contributed by atoms with Crippen LogP contribution in [0.2, 0.25) is 0 Å². The summed E-state index contributed by atoms with van der Waals surface area (Å²) in [7, 11) is 0. The SMILES string of the molecule is Cc1ccc(CN2C(=O)CCC2c2nc(-c3cccs3)no2)c(C)c1. The zero-order valence-electron chi connectivity index (χ0n) is 14.2. The fraction of sp³-hybridized carbons (Fsp3) is 0.316. The van der Waals surface area contributed by atoms with E-state index in [1.807, 2.05) is 22.4 Å². The Balaban J connectivity index is 1.59. The molecule has 25 heavy (non-hydrogen) atoms. The highest BCUT2D eigenvalue weighted by molar-refractivity contribution is 7.13. The Bertz CT molecular complexity index is 901. The minimum absolute atomic E-state index is 0.140. The van der Waals surface area contributed by atoms with Crippen LogP contribution in [0.1, 0.15) is 41.5 Å². The second-order valence-electron chi connectivity index (χ2n) is 6.44. The van der Waals surface area contributed by atoms with Crippen LogP contribution in [0.25, 0.3) is 10.7 Å². The Hall–Kier alpha value is -2.47. The van der Waals surface area contributed by atoms with E-state index in [2.05, 4.69) is 42.2 Å². The maximum absolute atomic E-state index is 12.4. The molecule has 0 bridgehead atoms. The normalized spacial score (nSPS) is 17.4. The summed E-state index contributed by atoms with van der Waals surface area (Å²) >= 11 is 1.57. The van der Waals surface area contributed by atoms with Crippen molar-refractivity contribution in [3.05, 3.63) is 58.3 Å². The van der Waals surface area contributed by atoms with Crippen molar-refractivity contribution in [2.75, 3.05) is 0 Å². The van der Waals surface area contributed by atoms with Crippen molar-refractivity contribution in [3.63, 3.8) is 0 Å². The molecular formula is C19H19N3O2S. The molecule has 0 saturated carbocycles. The van der Waals surface area contributed by atoms with Crippen LogP contribution in [0.3, 0.4) is 0 Å².